The van der Waals surface area contributed by atoms with Crippen molar-refractivity contribution in [1.29, 1.82) is 0 Å². The van der Waals surface area contributed by atoms with Crippen LogP contribution in [0.4, 0.5) is 0 Å². The Morgan fingerprint density at radius 2 is 1.80 bits per heavy atom. The largest absolute Gasteiger partial charge is 0.356 e. The quantitative estimate of drug-likeness (QED) is 0.576. The molecule has 0 aromatic carbocycles. The Balaban J connectivity index is 2.00. The second kappa shape index (κ2) is 7.85. The van der Waals surface area contributed by atoms with Gasteiger partial charge in [-0.05, 0) is 48.9 Å². The van der Waals surface area contributed by atoms with Crippen molar-refractivity contribution in [3.63, 3.8) is 0 Å². The van der Waals surface area contributed by atoms with E-state index in [0.717, 1.165) is 38.2 Å². The minimum absolute atomic E-state index is 0.171. The molecule has 0 aromatic heterocycles. The molecule has 2 aliphatic rings. The highest BCUT2D eigenvalue weighted by Crippen LogP contribution is 2.45. The van der Waals surface area contributed by atoms with E-state index in [9.17, 15) is 8.42 Å². The highest BCUT2D eigenvalue weighted by atomic mass is 32.2. The summed E-state index contributed by atoms with van der Waals surface area (Å²) in [6.07, 6.45) is 5.31. The summed E-state index contributed by atoms with van der Waals surface area (Å²) in [6, 6.07) is 0.411. The van der Waals surface area contributed by atoms with Gasteiger partial charge in [0.05, 0.1) is 11.5 Å². The average molecular weight is 372 g/mol. The molecule has 2 fully saturated rings. The third-order valence-electron chi connectivity index (χ3n) is 5.27. The van der Waals surface area contributed by atoms with Gasteiger partial charge in [0.15, 0.2) is 15.8 Å². The van der Waals surface area contributed by atoms with Gasteiger partial charge in [-0.25, -0.2) is 8.42 Å². The Bertz CT molecular complexity index is 565. The van der Waals surface area contributed by atoms with Gasteiger partial charge in [0.25, 0.3) is 0 Å². The van der Waals surface area contributed by atoms with Crippen LogP contribution < -0.4 is 10.6 Å². The van der Waals surface area contributed by atoms with Crippen LogP contribution in [-0.4, -0.2) is 45.0 Å². The highest BCUT2D eigenvalue weighted by molar-refractivity contribution is 7.91. The summed E-state index contributed by atoms with van der Waals surface area (Å²) in [5, 5.41) is 7.04. The number of nitrogens with zero attached hydrogens (tertiary/aromatic N) is 1. The zero-order valence-electron chi connectivity index (χ0n) is 16.7. The Morgan fingerprint density at radius 3 is 2.32 bits per heavy atom. The van der Waals surface area contributed by atoms with E-state index >= 15 is 0 Å². The number of guanidine groups is 1. The lowest BCUT2D eigenvalue weighted by Gasteiger charge is -2.45. The Labute approximate surface area is 154 Å². The number of rotatable bonds is 5. The van der Waals surface area contributed by atoms with Crippen molar-refractivity contribution in [1.82, 2.24) is 10.6 Å². The summed E-state index contributed by atoms with van der Waals surface area (Å²) in [6.45, 7) is 13.0. The van der Waals surface area contributed by atoms with Crippen LogP contribution in [0.5, 0.6) is 0 Å². The van der Waals surface area contributed by atoms with Gasteiger partial charge in [0.2, 0.25) is 0 Å². The van der Waals surface area contributed by atoms with Gasteiger partial charge in [-0.15, -0.1) is 0 Å². The van der Waals surface area contributed by atoms with E-state index in [0.29, 0.717) is 34.9 Å². The third-order valence-corrected chi connectivity index (χ3v) is 7.11. The number of hydrogen-bond donors (Lipinski definition) is 2. The fourth-order valence-corrected chi connectivity index (χ4v) is 6.62. The van der Waals surface area contributed by atoms with Crippen LogP contribution in [0.1, 0.15) is 66.7 Å². The molecule has 0 radical (unpaired) electrons. The predicted octanol–water partition coefficient (Wildman–Crippen LogP) is 2.97. The Hall–Kier alpha value is -0.780. The van der Waals surface area contributed by atoms with Crippen molar-refractivity contribution < 1.29 is 8.42 Å². The van der Waals surface area contributed by atoms with Gasteiger partial charge < -0.3 is 10.6 Å². The van der Waals surface area contributed by atoms with Crippen LogP contribution in [0, 0.1) is 16.7 Å². The smallest absolute Gasteiger partial charge is 0.191 e. The number of sulfone groups is 1. The fraction of sp³-hybridized carbons (Fsp3) is 0.947. The zero-order valence-corrected chi connectivity index (χ0v) is 17.5. The summed E-state index contributed by atoms with van der Waals surface area (Å²) >= 11 is 0. The van der Waals surface area contributed by atoms with Crippen LogP contribution >= 0.6 is 0 Å². The number of nitrogens with one attached hydrogen (secondary N) is 2. The van der Waals surface area contributed by atoms with Crippen molar-refractivity contribution in [2.75, 3.05) is 24.6 Å². The minimum Gasteiger partial charge on any atom is -0.356 e. The molecule has 1 unspecified atom stereocenters. The van der Waals surface area contributed by atoms with Crippen molar-refractivity contribution in [2.24, 2.45) is 21.7 Å². The lowest BCUT2D eigenvalue weighted by atomic mass is 9.63. The van der Waals surface area contributed by atoms with Gasteiger partial charge in [-0.1, -0.05) is 34.6 Å². The van der Waals surface area contributed by atoms with E-state index in [1.54, 1.807) is 0 Å². The minimum atomic E-state index is -2.83. The molecule has 0 bridgehead atoms. The van der Waals surface area contributed by atoms with E-state index in [1.165, 1.54) is 6.42 Å². The van der Waals surface area contributed by atoms with Crippen LogP contribution in [0.2, 0.25) is 0 Å². The molecular formula is C19H37N3O2S. The SMILES string of the molecule is CCCNC(=NCC1CCS(=O)(=O)C1)NC1CC(C)(C)CC(C)(C)C1. The third kappa shape index (κ3) is 6.80. The first-order valence-electron chi connectivity index (χ1n) is 9.76. The molecule has 1 saturated carbocycles. The molecule has 1 saturated heterocycles. The molecule has 146 valence electrons. The molecule has 1 atom stereocenters. The van der Waals surface area contributed by atoms with Gasteiger partial charge in [-0.3, -0.25) is 4.99 Å². The summed E-state index contributed by atoms with van der Waals surface area (Å²) in [5.74, 6) is 1.64. The van der Waals surface area contributed by atoms with Crippen LogP contribution in [0.25, 0.3) is 0 Å². The maximum atomic E-state index is 11.6. The molecule has 0 aromatic rings. The molecule has 0 amide bonds. The molecule has 6 heteroatoms. The van der Waals surface area contributed by atoms with E-state index in [1.807, 2.05) is 0 Å². The molecule has 5 nitrogen and oxygen atoms in total. The van der Waals surface area contributed by atoms with Gasteiger partial charge in [-0.2, -0.15) is 0 Å². The van der Waals surface area contributed by atoms with Crippen LogP contribution in [0.3, 0.4) is 0 Å². The summed E-state index contributed by atoms with van der Waals surface area (Å²) in [7, 11) is -2.83. The molecule has 2 N–H and O–H groups in total. The van der Waals surface area contributed by atoms with E-state index < -0.39 is 9.84 Å². The summed E-state index contributed by atoms with van der Waals surface area (Å²) < 4.78 is 23.3. The normalized spacial score (nSPS) is 28.7. The second-order valence-corrected chi connectivity index (χ2v) is 11.9. The molecule has 1 aliphatic heterocycles. The molecule has 0 spiro atoms. The molecule has 1 aliphatic carbocycles. The van der Waals surface area contributed by atoms with E-state index in [-0.39, 0.29) is 5.92 Å². The van der Waals surface area contributed by atoms with E-state index in [4.69, 9.17) is 4.99 Å². The summed E-state index contributed by atoms with van der Waals surface area (Å²) in [4.78, 5) is 4.73. The van der Waals surface area contributed by atoms with Gasteiger partial charge in [0, 0.05) is 19.1 Å². The Kier molecular flexibility index (Phi) is 6.45. The summed E-state index contributed by atoms with van der Waals surface area (Å²) in [5.41, 5.74) is 0.656. The van der Waals surface area contributed by atoms with Gasteiger partial charge in [0.1, 0.15) is 0 Å². The highest BCUT2D eigenvalue weighted by Gasteiger charge is 2.38. The monoisotopic (exact) mass is 371 g/mol. The maximum absolute atomic E-state index is 11.6. The lowest BCUT2D eigenvalue weighted by molar-refractivity contribution is 0.0918. The second-order valence-electron chi connectivity index (χ2n) is 9.64. The van der Waals surface area contributed by atoms with E-state index in [2.05, 4.69) is 45.3 Å². The first kappa shape index (κ1) is 20.5. The van der Waals surface area contributed by atoms with Crippen molar-refractivity contribution in [2.45, 2.75) is 72.8 Å². The standard InChI is InChI=1S/C19H37N3O2S/c1-6-8-20-17(21-12-15-7-9-25(23,24)13-15)22-16-10-18(2,3)14-19(4,5)11-16/h15-16H,6-14H2,1-5H3,(H2,20,21,22). The number of hydrogen-bond acceptors (Lipinski definition) is 3. The van der Waals surface area contributed by atoms with Crippen molar-refractivity contribution >= 4 is 15.8 Å². The van der Waals surface area contributed by atoms with Crippen molar-refractivity contribution in [3.05, 3.63) is 0 Å². The molecule has 1 heterocycles. The zero-order chi connectivity index (χ0) is 18.7. The molecule has 2 rings (SSSR count). The fourth-order valence-electron chi connectivity index (χ4n) is 4.77. The van der Waals surface area contributed by atoms with Crippen LogP contribution in [-0.2, 0) is 9.84 Å². The first-order valence-corrected chi connectivity index (χ1v) is 11.6. The topological polar surface area (TPSA) is 70.6 Å². The Morgan fingerprint density at radius 1 is 1.16 bits per heavy atom. The van der Waals surface area contributed by atoms with Crippen molar-refractivity contribution in [3.8, 4) is 0 Å². The predicted molar refractivity (Wildman–Crippen MR) is 106 cm³/mol. The molecular weight excluding hydrogens is 334 g/mol. The van der Waals surface area contributed by atoms with Crippen LogP contribution in [0.15, 0.2) is 4.99 Å². The molecule has 25 heavy (non-hydrogen) atoms. The average Bonchev–Trinajstić information content (AvgIpc) is 2.78. The number of aliphatic imine (C=N–C) groups is 1. The first-order chi connectivity index (χ1) is 11.5. The maximum Gasteiger partial charge on any atom is 0.191 e. The van der Waals surface area contributed by atoms with Gasteiger partial charge >= 0.3 is 0 Å². The lowest BCUT2D eigenvalue weighted by Crippen LogP contribution is -2.50.